The number of thiophene rings is 1. The van der Waals surface area contributed by atoms with E-state index in [4.69, 9.17) is 11.5 Å². The number of urea groups is 1. The number of piperidine rings is 1. The van der Waals surface area contributed by atoms with Crippen LogP contribution in [-0.2, 0) is 17.6 Å². The summed E-state index contributed by atoms with van der Waals surface area (Å²) < 4.78 is 0. The fourth-order valence-electron chi connectivity index (χ4n) is 4.85. The van der Waals surface area contributed by atoms with Crippen LogP contribution >= 0.6 is 11.3 Å². The van der Waals surface area contributed by atoms with E-state index < -0.39 is 0 Å². The van der Waals surface area contributed by atoms with Gasteiger partial charge in [0.25, 0.3) is 0 Å². The normalized spacial score (nSPS) is 23.5. The number of imide groups is 1. The SMILES string of the molecule is CCCN(C(=O)NCC(C)(C)N(C)C)C(=O)[C@@H]1C[C@@H]2Cc3c(sc(N)c3N)C[C@H]2N(C)C1. The second kappa shape index (κ2) is 9.57. The zero-order valence-corrected chi connectivity index (χ0v) is 21.2. The molecule has 1 saturated heterocycles. The number of rotatable bonds is 6. The maximum atomic E-state index is 13.5. The van der Waals surface area contributed by atoms with Crippen molar-refractivity contribution in [3.63, 3.8) is 0 Å². The molecule has 5 N–H and O–H groups in total. The van der Waals surface area contributed by atoms with E-state index in [-0.39, 0.29) is 23.4 Å². The summed E-state index contributed by atoms with van der Waals surface area (Å²) in [7, 11) is 6.06. The lowest BCUT2D eigenvalue weighted by atomic mass is 9.74. The van der Waals surface area contributed by atoms with Gasteiger partial charge >= 0.3 is 6.03 Å². The molecule has 0 radical (unpaired) electrons. The molecule has 32 heavy (non-hydrogen) atoms. The average molecular weight is 465 g/mol. The molecular formula is C23H40N6O2S. The number of carbonyl (C=O) groups excluding carboxylic acids is 2. The number of nitrogens with zero attached hydrogens (tertiary/aromatic N) is 3. The number of fused-ring (bicyclic) bond motifs is 2. The third kappa shape index (κ3) is 4.89. The van der Waals surface area contributed by atoms with Crippen LogP contribution in [0.4, 0.5) is 15.5 Å². The monoisotopic (exact) mass is 464 g/mol. The molecule has 3 atom stereocenters. The highest BCUT2D eigenvalue weighted by Crippen LogP contribution is 2.44. The molecule has 0 bridgehead atoms. The van der Waals surface area contributed by atoms with E-state index in [1.54, 1.807) is 11.3 Å². The van der Waals surface area contributed by atoms with Gasteiger partial charge in [-0.15, -0.1) is 11.3 Å². The highest BCUT2D eigenvalue weighted by atomic mass is 32.1. The van der Waals surface area contributed by atoms with Crippen LogP contribution in [0.1, 0.15) is 44.1 Å². The zero-order chi connectivity index (χ0) is 23.8. The first kappa shape index (κ1) is 24.8. The fraction of sp³-hybridized carbons (Fsp3) is 0.739. The Morgan fingerprint density at radius 1 is 1.25 bits per heavy atom. The van der Waals surface area contributed by atoms with E-state index in [1.165, 1.54) is 15.3 Å². The van der Waals surface area contributed by atoms with E-state index in [1.807, 2.05) is 21.0 Å². The molecule has 3 amide bonds. The van der Waals surface area contributed by atoms with E-state index >= 15 is 0 Å². The van der Waals surface area contributed by atoms with Crippen LogP contribution in [-0.4, -0.2) is 79.0 Å². The Kier molecular flexibility index (Phi) is 7.41. The largest absolute Gasteiger partial charge is 0.396 e. The second-order valence-corrected chi connectivity index (χ2v) is 11.4. The van der Waals surface area contributed by atoms with Gasteiger partial charge in [-0.1, -0.05) is 6.92 Å². The minimum Gasteiger partial charge on any atom is -0.396 e. The van der Waals surface area contributed by atoms with E-state index in [0.717, 1.165) is 31.4 Å². The molecule has 2 heterocycles. The van der Waals surface area contributed by atoms with Crippen LogP contribution in [0, 0.1) is 11.8 Å². The van der Waals surface area contributed by atoms with Crippen molar-refractivity contribution >= 4 is 34.0 Å². The molecule has 9 heteroatoms. The molecule has 3 rings (SSSR count). The van der Waals surface area contributed by atoms with Gasteiger partial charge in [0.1, 0.15) is 5.00 Å². The fourth-order valence-corrected chi connectivity index (χ4v) is 5.92. The smallest absolute Gasteiger partial charge is 0.324 e. The molecule has 1 aliphatic carbocycles. The number of nitrogens with one attached hydrogen (secondary N) is 1. The van der Waals surface area contributed by atoms with Gasteiger partial charge in [0.15, 0.2) is 0 Å². The van der Waals surface area contributed by atoms with Gasteiger partial charge in [-0.3, -0.25) is 9.69 Å². The number of amides is 3. The molecule has 8 nitrogen and oxygen atoms in total. The molecule has 1 aliphatic heterocycles. The van der Waals surface area contributed by atoms with Gasteiger partial charge in [-0.25, -0.2) is 4.79 Å². The molecule has 1 aromatic heterocycles. The molecule has 2 aliphatic rings. The van der Waals surface area contributed by atoms with Crippen molar-refractivity contribution in [2.45, 2.75) is 58.0 Å². The standard InChI is InChI=1S/C23H40N6O2S/c1-7-8-29(22(31)26-13-23(2,3)27(4)5)21(30)15-9-14-10-16-18(32-20(25)19(16)24)11-17(14)28(6)12-15/h14-15,17H,7-13,24-25H2,1-6H3,(H,26,31)/t14-,15-,17-/m1/s1. The first-order valence-electron chi connectivity index (χ1n) is 11.6. The molecule has 0 unspecified atom stereocenters. The summed E-state index contributed by atoms with van der Waals surface area (Å²) in [5.41, 5.74) is 14.0. The lowest BCUT2D eigenvalue weighted by Crippen LogP contribution is -2.57. The number of anilines is 2. The number of carbonyl (C=O) groups is 2. The molecule has 0 aromatic carbocycles. The van der Waals surface area contributed by atoms with Crippen molar-refractivity contribution in [3.8, 4) is 0 Å². The predicted octanol–water partition coefficient (Wildman–Crippen LogP) is 2.24. The molecule has 1 aromatic rings. The van der Waals surface area contributed by atoms with E-state index in [0.29, 0.717) is 36.6 Å². The Hall–Kier alpha value is -1.84. The lowest BCUT2D eigenvalue weighted by molar-refractivity contribution is -0.136. The molecule has 180 valence electrons. The number of likely N-dealkylation sites (tertiary alicyclic amines) is 1. The van der Waals surface area contributed by atoms with Crippen molar-refractivity contribution in [1.29, 1.82) is 0 Å². The van der Waals surface area contributed by atoms with Crippen molar-refractivity contribution in [1.82, 2.24) is 20.0 Å². The Bertz CT molecular complexity index is 852. The summed E-state index contributed by atoms with van der Waals surface area (Å²) in [4.78, 5) is 33.6. The van der Waals surface area contributed by atoms with Crippen molar-refractivity contribution in [2.24, 2.45) is 11.8 Å². The Morgan fingerprint density at radius 2 is 1.94 bits per heavy atom. The minimum absolute atomic E-state index is 0.0686. The number of nitrogens with two attached hydrogens (primary N) is 2. The molecule has 0 spiro atoms. The number of nitrogen functional groups attached to an aromatic ring is 2. The third-order valence-electron chi connectivity index (χ3n) is 7.42. The van der Waals surface area contributed by atoms with Gasteiger partial charge < -0.3 is 26.6 Å². The highest BCUT2D eigenvalue weighted by molar-refractivity contribution is 7.16. The zero-order valence-electron chi connectivity index (χ0n) is 20.4. The van der Waals surface area contributed by atoms with Gasteiger partial charge in [-0.2, -0.15) is 0 Å². The van der Waals surface area contributed by atoms with Crippen LogP contribution in [0.2, 0.25) is 0 Å². The average Bonchev–Trinajstić information content (AvgIpc) is 3.01. The summed E-state index contributed by atoms with van der Waals surface area (Å²) in [6.45, 7) is 7.70. The summed E-state index contributed by atoms with van der Waals surface area (Å²) in [6, 6.07) is 0.0932. The summed E-state index contributed by atoms with van der Waals surface area (Å²) in [5, 5.41) is 3.69. The molecule has 0 saturated carbocycles. The number of hydrogen-bond donors (Lipinski definition) is 3. The van der Waals surface area contributed by atoms with Crippen LogP contribution in [0.5, 0.6) is 0 Å². The lowest BCUT2D eigenvalue weighted by Gasteiger charge is -2.45. The quantitative estimate of drug-likeness (QED) is 0.596. The maximum Gasteiger partial charge on any atom is 0.324 e. The Balaban J connectivity index is 1.71. The van der Waals surface area contributed by atoms with Gasteiger partial charge in [0.05, 0.1) is 11.6 Å². The number of hydrogen-bond acceptors (Lipinski definition) is 7. The maximum absolute atomic E-state index is 13.5. The van der Waals surface area contributed by atoms with Crippen molar-refractivity contribution in [3.05, 3.63) is 10.4 Å². The van der Waals surface area contributed by atoms with Crippen molar-refractivity contribution < 1.29 is 9.59 Å². The van der Waals surface area contributed by atoms with Gasteiger partial charge in [0, 0.05) is 36.1 Å². The van der Waals surface area contributed by atoms with Crippen molar-refractivity contribution in [2.75, 3.05) is 52.2 Å². The second-order valence-electron chi connectivity index (χ2n) is 10.2. The summed E-state index contributed by atoms with van der Waals surface area (Å²) in [6.07, 6.45) is 3.30. The first-order valence-corrected chi connectivity index (χ1v) is 12.4. The van der Waals surface area contributed by atoms with Crippen LogP contribution < -0.4 is 16.8 Å². The Morgan fingerprint density at radius 3 is 2.56 bits per heavy atom. The summed E-state index contributed by atoms with van der Waals surface area (Å²) >= 11 is 1.60. The predicted molar refractivity (Wildman–Crippen MR) is 132 cm³/mol. The molecular weight excluding hydrogens is 424 g/mol. The van der Waals surface area contributed by atoms with Gasteiger partial charge in [0.2, 0.25) is 5.91 Å². The third-order valence-corrected chi connectivity index (χ3v) is 8.52. The molecule has 1 fully saturated rings. The van der Waals surface area contributed by atoms with E-state index in [9.17, 15) is 9.59 Å². The van der Waals surface area contributed by atoms with Crippen LogP contribution in [0.15, 0.2) is 0 Å². The first-order chi connectivity index (χ1) is 15.0. The minimum atomic E-state index is -0.294. The topological polar surface area (TPSA) is 108 Å². The summed E-state index contributed by atoms with van der Waals surface area (Å²) in [5.74, 6) is 0.0748. The van der Waals surface area contributed by atoms with Crippen LogP contribution in [0.25, 0.3) is 0 Å². The highest BCUT2D eigenvalue weighted by Gasteiger charge is 2.43. The Labute approximate surface area is 196 Å². The van der Waals surface area contributed by atoms with Gasteiger partial charge in [-0.05, 0) is 72.2 Å². The number of likely N-dealkylation sites (N-methyl/N-ethyl adjacent to an activating group) is 2. The van der Waals surface area contributed by atoms with E-state index in [2.05, 4.69) is 36.0 Å². The van der Waals surface area contributed by atoms with Crippen LogP contribution in [0.3, 0.4) is 0 Å².